The van der Waals surface area contributed by atoms with Crippen LogP contribution in [0.3, 0.4) is 0 Å². The largest absolute Gasteiger partial charge is 0.494 e. The number of aryl methyl sites for hydroxylation is 2. The number of furan rings is 1. The van der Waals surface area contributed by atoms with Crippen LogP contribution >= 0.6 is 0 Å². The third-order valence-electron chi connectivity index (χ3n) is 6.84. The number of carbonyl (C=O) groups is 1. The predicted molar refractivity (Wildman–Crippen MR) is 148 cm³/mol. The van der Waals surface area contributed by atoms with Crippen molar-refractivity contribution in [2.75, 3.05) is 6.61 Å². The quantitative estimate of drug-likeness (QED) is 0.207. The number of nitrogens with zero attached hydrogens (tertiary/aromatic N) is 1. The van der Waals surface area contributed by atoms with E-state index in [1.807, 2.05) is 56.3 Å². The van der Waals surface area contributed by atoms with E-state index in [4.69, 9.17) is 24.4 Å². The molecule has 0 saturated carbocycles. The third-order valence-corrected chi connectivity index (χ3v) is 6.84. The summed E-state index contributed by atoms with van der Waals surface area (Å²) in [6, 6.07) is 20.7. The van der Waals surface area contributed by atoms with Gasteiger partial charge in [-0.2, -0.15) is 5.26 Å². The van der Waals surface area contributed by atoms with Crippen molar-refractivity contribution < 1.29 is 23.4 Å². The molecule has 1 aliphatic rings. The first-order chi connectivity index (χ1) is 18.7. The monoisotopic (exact) mass is 522 g/mol. The molecule has 0 radical (unpaired) electrons. The second-order valence-electron chi connectivity index (χ2n) is 10.2. The van der Waals surface area contributed by atoms with Crippen molar-refractivity contribution in [1.29, 1.82) is 5.26 Å². The molecule has 1 aliphatic heterocycles. The molecule has 0 bridgehead atoms. The Labute approximate surface area is 227 Å². The molecule has 0 amide bonds. The van der Waals surface area contributed by atoms with Crippen LogP contribution in [0.15, 0.2) is 76.5 Å². The number of esters is 1. The van der Waals surface area contributed by atoms with Crippen molar-refractivity contribution >= 4 is 16.9 Å². The molecular weight excluding hydrogens is 492 g/mol. The van der Waals surface area contributed by atoms with Gasteiger partial charge in [0.05, 0.1) is 12.5 Å². The summed E-state index contributed by atoms with van der Waals surface area (Å²) < 4.78 is 23.2. The number of ether oxygens (including phenoxy) is 3. The van der Waals surface area contributed by atoms with Crippen LogP contribution in [0.5, 0.6) is 17.2 Å². The smallest absolute Gasteiger partial charge is 0.379 e. The SMILES string of the molecule is Cc1ccc2c(C)c(C(=O)Oc3ccc4c(c3)OC(N)=C(C#N)C4c3cccc(OCCC(C)C)c3)oc2c1. The van der Waals surface area contributed by atoms with E-state index in [1.165, 1.54) is 0 Å². The molecule has 198 valence electrons. The number of fused-ring (bicyclic) bond motifs is 2. The van der Waals surface area contributed by atoms with Gasteiger partial charge in [0.15, 0.2) is 0 Å². The van der Waals surface area contributed by atoms with Crippen molar-refractivity contribution in [3.05, 3.63) is 100 Å². The first-order valence-electron chi connectivity index (χ1n) is 12.9. The zero-order chi connectivity index (χ0) is 27.7. The Kier molecular flexibility index (Phi) is 7.03. The second-order valence-corrected chi connectivity index (χ2v) is 10.2. The van der Waals surface area contributed by atoms with E-state index in [2.05, 4.69) is 19.9 Å². The number of allylic oxidation sites excluding steroid dienone is 1. The molecular formula is C32H30N2O5. The lowest BCUT2D eigenvalue weighted by atomic mass is 9.83. The van der Waals surface area contributed by atoms with E-state index >= 15 is 0 Å². The Hall–Kier alpha value is -4.70. The van der Waals surface area contributed by atoms with Gasteiger partial charge in [-0.25, -0.2) is 4.79 Å². The molecule has 1 unspecified atom stereocenters. The first-order valence-corrected chi connectivity index (χ1v) is 12.9. The summed E-state index contributed by atoms with van der Waals surface area (Å²) in [5.74, 6) is 1.02. The van der Waals surface area contributed by atoms with E-state index in [-0.39, 0.29) is 17.4 Å². The average Bonchev–Trinajstić information content (AvgIpc) is 3.23. The van der Waals surface area contributed by atoms with Gasteiger partial charge < -0.3 is 24.4 Å². The van der Waals surface area contributed by atoms with Crippen molar-refractivity contribution in [1.82, 2.24) is 0 Å². The van der Waals surface area contributed by atoms with E-state index in [0.717, 1.165) is 34.2 Å². The number of hydrogen-bond acceptors (Lipinski definition) is 7. The van der Waals surface area contributed by atoms with Gasteiger partial charge in [-0.15, -0.1) is 0 Å². The first kappa shape index (κ1) is 25.9. The van der Waals surface area contributed by atoms with Crippen LogP contribution < -0.4 is 19.9 Å². The Balaban J connectivity index is 1.43. The molecule has 1 aromatic heterocycles. The maximum Gasteiger partial charge on any atom is 0.379 e. The highest BCUT2D eigenvalue weighted by Gasteiger charge is 2.31. The van der Waals surface area contributed by atoms with Crippen molar-refractivity contribution in [3.63, 3.8) is 0 Å². The van der Waals surface area contributed by atoms with E-state index in [0.29, 0.717) is 35.0 Å². The Morgan fingerprint density at radius 3 is 2.67 bits per heavy atom. The minimum Gasteiger partial charge on any atom is -0.494 e. The number of rotatable bonds is 7. The fourth-order valence-corrected chi connectivity index (χ4v) is 4.72. The Morgan fingerprint density at radius 2 is 1.90 bits per heavy atom. The van der Waals surface area contributed by atoms with E-state index in [9.17, 15) is 10.1 Å². The molecule has 0 fully saturated rings. The van der Waals surface area contributed by atoms with Gasteiger partial charge in [0, 0.05) is 22.6 Å². The number of benzene rings is 3. The average molecular weight is 523 g/mol. The molecule has 7 heteroatoms. The molecule has 0 saturated heterocycles. The fraction of sp³-hybridized carbons (Fsp3) is 0.250. The minimum absolute atomic E-state index is 0.00750. The predicted octanol–water partition coefficient (Wildman–Crippen LogP) is 6.91. The number of hydrogen-bond donors (Lipinski definition) is 1. The molecule has 0 aliphatic carbocycles. The van der Waals surface area contributed by atoms with Gasteiger partial charge in [0.1, 0.15) is 34.5 Å². The highest BCUT2D eigenvalue weighted by atomic mass is 16.5. The Bertz CT molecular complexity index is 1640. The van der Waals surface area contributed by atoms with Crippen LogP contribution in [0.4, 0.5) is 0 Å². The summed E-state index contributed by atoms with van der Waals surface area (Å²) in [7, 11) is 0. The fourth-order valence-electron chi connectivity index (χ4n) is 4.72. The Morgan fingerprint density at radius 1 is 1.08 bits per heavy atom. The maximum absolute atomic E-state index is 13.0. The molecule has 7 nitrogen and oxygen atoms in total. The van der Waals surface area contributed by atoms with Gasteiger partial charge in [0.2, 0.25) is 11.6 Å². The highest BCUT2D eigenvalue weighted by Crippen LogP contribution is 2.44. The van der Waals surface area contributed by atoms with Crippen LogP contribution in [-0.2, 0) is 0 Å². The minimum atomic E-state index is -0.610. The summed E-state index contributed by atoms with van der Waals surface area (Å²) in [6.07, 6.45) is 0.940. The second kappa shape index (κ2) is 10.6. The van der Waals surface area contributed by atoms with E-state index in [1.54, 1.807) is 18.2 Å². The van der Waals surface area contributed by atoms with Crippen molar-refractivity contribution in [2.45, 2.75) is 40.0 Å². The number of carbonyl (C=O) groups excluding carboxylic acids is 1. The van der Waals surface area contributed by atoms with Crippen molar-refractivity contribution in [2.24, 2.45) is 11.7 Å². The van der Waals surface area contributed by atoms with Gasteiger partial charge >= 0.3 is 5.97 Å². The van der Waals surface area contributed by atoms with Gasteiger partial charge in [0.25, 0.3) is 0 Å². The molecule has 4 aromatic rings. The maximum atomic E-state index is 13.0. The number of nitriles is 1. The van der Waals surface area contributed by atoms with Crippen LogP contribution in [0.2, 0.25) is 0 Å². The summed E-state index contributed by atoms with van der Waals surface area (Å²) in [6.45, 7) is 8.69. The summed E-state index contributed by atoms with van der Waals surface area (Å²) in [5, 5.41) is 10.8. The van der Waals surface area contributed by atoms with Crippen LogP contribution in [-0.4, -0.2) is 12.6 Å². The van der Waals surface area contributed by atoms with Crippen LogP contribution in [0, 0.1) is 31.1 Å². The molecule has 0 spiro atoms. The molecule has 1 atom stereocenters. The lowest BCUT2D eigenvalue weighted by Crippen LogP contribution is -2.21. The zero-order valence-corrected chi connectivity index (χ0v) is 22.4. The summed E-state index contributed by atoms with van der Waals surface area (Å²) in [5.41, 5.74) is 10.4. The van der Waals surface area contributed by atoms with Crippen molar-refractivity contribution in [3.8, 4) is 23.3 Å². The lowest BCUT2D eigenvalue weighted by Gasteiger charge is -2.27. The standard InChI is InChI=1S/C32H30N2O5/c1-18(2)12-13-36-22-7-5-6-21(15-22)29-25-11-9-23(16-28(25)39-31(34)26(29)17-33)37-32(35)30-20(4)24-10-8-19(3)14-27(24)38-30/h5-11,14-16,18,29H,12-13,34H2,1-4H3. The number of nitrogens with two attached hydrogens (primary N) is 1. The van der Waals surface area contributed by atoms with Crippen LogP contribution in [0.1, 0.15) is 59.0 Å². The summed E-state index contributed by atoms with van der Waals surface area (Å²) >= 11 is 0. The molecule has 2 heterocycles. The molecule has 2 N–H and O–H groups in total. The van der Waals surface area contributed by atoms with Crippen LogP contribution in [0.25, 0.3) is 11.0 Å². The molecule has 3 aromatic carbocycles. The third kappa shape index (κ3) is 5.19. The lowest BCUT2D eigenvalue weighted by molar-refractivity contribution is 0.0702. The van der Waals surface area contributed by atoms with Gasteiger partial charge in [-0.3, -0.25) is 0 Å². The van der Waals surface area contributed by atoms with Gasteiger partial charge in [-0.1, -0.05) is 44.2 Å². The summed E-state index contributed by atoms with van der Waals surface area (Å²) in [4.78, 5) is 13.0. The normalized spacial score (nSPS) is 14.6. The highest BCUT2D eigenvalue weighted by molar-refractivity contribution is 5.97. The molecule has 5 rings (SSSR count). The topological polar surface area (TPSA) is 108 Å². The molecule has 39 heavy (non-hydrogen) atoms. The van der Waals surface area contributed by atoms with Gasteiger partial charge in [-0.05, 0) is 61.6 Å². The zero-order valence-electron chi connectivity index (χ0n) is 22.4. The van der Waals surface area contributed by atoms with E-state index < -0.39 is 11.9 Å².